The molecule has 0 saturated carbocycles. The highest BCUT2D eigenvalue weighted by atomic mass is 16.5. The molecule has 0 radical (unpaired) electrons. The second-order valence-electron chi connectivity index (χ2n) is 4.33. The maximum Gasteiger partial charge on any atom is 0.303 e. The number of ether oxygens (including phenoxy) is 1. The molecule has 0 fully saturated rings. The molecule has 0 saturated heterocycles. The van der Waals surface area contributed by atoms with Crippen molar-refractivity contribution in [2.45, 2.75) is 20.8 Å². The summed E-state index contributed by atoms with van der Waals surface area (Å²) in [6.07, 6.45) is 0. The van der Waals surface area contributed by atoms with Gasteiger partial charge in [-0.15, -0.1) is 0 Å². The van der Waals surface area contributed by atoms with E-state index in [1.165, 1.54) is 39.0 Å². The van der Waals surface area contributed by atoms with Crippen molar-refractivity contribution in [3.63, 3.8) is 0 Å². The van der Waals surface area contributed by atoms with Gasteiger partial charge in [0.15, 0.2) is 6.61 Å². The van der Waals surface area contributed by atoms with Crippen LogP contribution in [0.25, 0.3) is 0 Å². The lowest BCUT2D eigenvalue weighted by Gasteiger charge is -2.11. The minimum absolute atomic E-state index is 0.195. The summed E-state index contributed by atoms with van der Waals surface area (Å²) in [6, 6.07) is 4.43. The van der Waals surface area contributed by atoms with Crippen LogP contribution in [0.15, 0.2) is 18.2 Å². The molecular weight excluding hydrogens is 276 g/mol. The fraction of sp³-hybridized carbons (Fsp3) is 0.286. The summed E-state index contributed by atoms with van der Waals surface area (Å²) in [5, 5.41) is 5.05. The van der Waals surface area contributed by atoms with Crippen LogP contribution in [0, 0.1) is 0 Å². The minimum Gasteiger partial charge on any atom is -0.457 e. The van der Waals surface area contributed by atoms with E-state index < -0.39 is 18.4 Å². The van der Waals surface area contributed by atoms with Crippen molar-refractivity contribution in [1.82, 2.24) is 0 Å². The van der Waals surface area contributed by atoms with Gasteiger partial charge >= 0.3 is 5.97 Å². The van der Waals surface area contributed by atoms with E-state index in [0.29, 0.717) is 5.69 Å². The lowest BCUT2D eigenvalue weighted by Crippen LogP contribution is -2.16. The highest BCUT2D eigenvalue weighted by molar-refractivity contribution is 6.06. The molecule has 21 heavy (non-hydrogen) atoms. The molecule has 0 spiro atoms. The first-order valence-corrected chi connectivity index (χ1v) is 6.15. The molecule has 0 bridgehead atoms. The third kappa shape index (κ3) is 5.43. The van der Waals surface area contributed by atoms with Gasteiger partial charge in [-0.2, -0.15) is 0 Å². The van der Waals surface area contributed by atoms with Crippen LogP contribution in [0.3, 0.4) is 0 Å². The molecule has 0 unspecified atom stereocenters. The van der Waals surface area contributed by atoms with Crippen molar-refractivity contribution >= 4 is 34.9 Å². The first-order chi connectivity index (χ1) is 9.79. The Morgan fingerprint density at radius 2 is 1.62 bits per heavy atom. The highest BCUT2D eigenvalue weighted by Gasteiger charge is 2.15. The smallest absolute Gasteiger partial charge is 0.303 e. The molecule has 2 amide bonds. The van der Waals surface area contributed by atoms with Crippen LogP contribution in [0.4, 0.5) is 11.4 Å². The second-order valence-corrected chi connectivity index (χ2v) is 4.33. The number of esters is 1. The Morgan fingerprint density at radius 3 is 2.14 bits per heavy atom. The van der Waals surface area contributed by atoms with Crippen LogP contribution >= 0.6 is 0 Å². The highest BCUT2D eigenvalue weighted by Crippen LogP contribution is 2.22. The summed E-state index contributed by atoms with van der Waals surface area (Å²) < 4.78 is 4.64. The van der Waals surface area contributed by atoms with Crippen molar-refractivity contribution in [2.75, 3.05) is 17.2 Å². The van der Waals surface area contributed by atoms with Gasteiger partial charge in [-0.25, -0.2) is 0 Å². The largest absolute Gasteiger partial charge is 0.457 e. The number of nitrogens with one attached hydrogen (secondary N) is 2. The topological polar surface area (TPSA) is 102 Å². The SMILES string of the molecule is CC(=O)Nc1ccc(C(=O)COC(C)=O)c(NC(C)=O)c1. The third-order valence-corrected chi connectivity index (χ3v) is 2.36. The van der Waals surface area contributed by atoms with Crippen LogP contribution in [-0.2, 0) is 19.1 Å². The minimum atomic E-state index is -0.570. The van der Waals surface area contributed by atoms with Gasteiger partial charge in [0.25, 0.3) is 0 Å². The van der Waals surface area contributed by atoms with E-state index in [0.717, 1.165) is 0 Å². The van der Waals surface area contributed by atoms with Crippen molar-refractivity contribution < 1.29 is 23.9 Å². The van der Waals surface area contributed by atoms with Crippen molar-refractivity contribution in [1.29, 1.82) is 0 Å². The van der Waals surface area contributed by atoms with E-state index in [2.05, 4.69) is 15.4 Å². The summed E-state index contributed by atoms with van der Waals surface area (Å²) in [5.74, 6) is -1.66. The van der Waals surface area contributed by atoms with Crippen LogP contribution < -0.4 is 10.6 Å². The van der Waals surface area contributed by atoms with E-state index >= 15 is 0 Å². The Kier molecular flexibility index (Phi) is 5.59. The lowest BCUT2D eigenvalue weighted by atomic mass is 10.1. The van der Waals surface area contributed by atoms with Gasteiger partial charge in [0.2, 0.25) is 17.6 Å². The number of carbonyl (C=O) groups is 4. The molecule has 1 aromatic rings. The van der Waals surface area contributed by atoms with Crippen LogP contribution in [0.1, 0.15) is 31.1 Å². The zero-order valence-corrected chi connectivity index (χ0v) is 12.0. The number of Topliss-reactive ketones (excluding diaryl/α,β-unsaturated/α-hetero) is 1. The molecule has 112 valence electrons. The summed E-state index contributed by atoms with van der Waals surface area (Å²) >= 11 is 0. The summed E-state index contributed by atoms with van der Waals surface area (Å²) in [4.78, 5) is 44.9. The fourth-order valence-corrected chi connectivity index (χ4v) is 1.61. The zero-order chi connectivity index (χ0) is 16.0. The van der Waals surface area contributed by atoms with Gasteiger partial charge in [0, 0.05) is 32.0 Å². The Hall–Kier alpha value is -2.70. The Bertz CT molecular complexity index is 595. The summed E-state index contributed by atoms with van der Waals surface area (Å²) in [7, 11) is 0. The predicted octanol–water partition coefficient (Wildman–Crippen LogP) is 1.35. The average Bonchev–Trinajstić information content (AvgIpc) is 2.34. The number of hydrogen-bond donors (Lipinski definition) is 2. The molecular formula is C14H16N2O5. The standard InChI is InChI=1S/C14H16N2O5/c1-8(17)15-11-4-5-12(13(6-11)16-9(2)18)14(20)7-21-10(3)19/h4-6H,7H2,1-3H3,(H,15,17)(H,16,18). The van der Waals surface area contributed by atoms with E-state index in [4.69, 9.17) is 0 Å². The van der Waals surface area contributed by atoms with Crippen LogP contribution in [0.5, 0.6) is 0 Å². The van der Waals surface area contributed by atoms with Crippen LogP contribution in [-0.4, -0.2) is 30.2 Å². The molecule has 0 heterocycles. The monoisotopic (exact) mass is 292 g/mol. The molecule has 2 N–H and O–H groups in total. The molecule has 0 aliphatic rings. The average molecular weight is 292 g/mol. The quantitative estimate of drug-likeness (QED) is 0.630. The first kappa shape index (κ1) is 16.4. The Morgan fingerprint density at radius 1 is 1.00 bits per heavy atom. The van der Waals surface area contributed by atoms with Gasteiger partial charge in [0.05, 0.1) is 5.69 Å². The Labute approximate surface area is 121 Å². The molecule has 0 aliphatic carbocycles. The lowest BCUT2D eigenvalue weighted by molar-refractivity contribution is -0.139. The number of amides is 2. The third-order valence-electron chi connectivity index (χ3n) is 2.36. The first-order valence-electron chi connectivity index (χ1n) is 6.15. The molecule has 0 aromatic heterocycles. The number of ketones is 1. The fourth-order valence-electron chi connectivity index (χ4n) is 1.61. The van der Waals surface area contributed by atoms with E-state index in [-0.39, 0.29) is 23.1 Å². The van der Waals surface area contributed by atoms with Gasteiger partial charge in [-0.05, 0) is 18.2 Å². The van der Waals surface area contributed by atoms with Crippen molar-refractivity contribution in [3.8, 4) is 0 Å². The van der Waals surface area contributed by atoms with Gasteiger partial charge in [-0.3, -0.25) is 19.2 Å². The zero-order valence-electron chi connectivity index (χ0n) is 12.0. The van der Waals surface area contributed by atoms with Gasteiger partial charge < -0.3 is 15.4 Å². The maximum atomic E-state index is 12.0. The van der Waals surface area contributed by atoms with E-state index in [1.54, 1.807) is 0 Å². The maximum absolute atomic E-state index is 12.0. The van der Waals surface area contributed by atoms with Gasteiger partial charge in [0.1, 0.15) is 0 Å². The van der Waals surface area contributed by atoms with Crippen molar-refractivity contribution in [2.24, 2.45) is 0 Å². The molecule has 7 heteroatoms. The summed E-state index contributed by atoms with van der Waals surface area (Å²) in [5.41, 5.74) is 0.877. The second kappa shape index (κ2) is 7.18. The molecule has 0 aliphatic heterocycles. The van der Waals surface area contributed by atoms with Crippen LogP contribution in [0.2, 0.25) is 0 Å². The Balaban J connectivity index is 3.05. The molecule has 0 atom stereocenters. The number of anilines is 2. The van der Waals surface area contributed by atoms with E-state index in [9.17, 15) is 19.2 Å². The predicted molar refractivity (Wildman–Crippen MR) is 76.0 cm³/mol. The van der Waals surface area contributed by atoms with E-state index in [1.807, 2.05) is 0 Å². The summed E-state index contributed by atoms with van der Waals surface area (Å²) in [6.45, 7) is 3.42. The number of benzene rings is 1. The molecule has 7 nitrogen and oxygen atoms in total. The number of rotatable bonds is 5. The number of carbonyl (C=O) groups excluding carboxylic acids is 4. The number of hydrogen-bond acceptors (Lipinski definition) is 5. The van der Waals surface area contributed by atoms with Gasteiger partial charge in [-0.1, -0.05) is 0 Å². The molecule has 1 rings (SSSR count). The molecule has 1 aromatic carbocycles. The normalized spacial score (nSPS) is 9.67. The van der Waals surface area contributed by atoms with Crippen molar-refractivity contribution in [3.05, 3.63) is 23.8 Å².